The van der Waals surface area contributed by atoms with Crippen LogP contribution in [-0.4, -0.2) is 29.8 Å². The van der Waals surface area contributed by atoms with Crippen LogP contribution in [0, 0.1) is 26.2 Å². The number of aliphatic hydroxyl groups is 1. The molecule has 0 bridgehead atoms. The summed E-state index contributed by atoms with van der Waals surface area (Å²) < 4.78 is 13.1. The zero-order valence-corrected chi connectivity index (χ0v) is 21.8. The van der Waals surface area contributed by atoms with E-state index in [1.807, 2.05) is 27.7 Å². The van der Waals surface area contributed by atoms with Crippen molar-refractivity contribution < 1.29 is 9.66 Å². The van der Waals surface area contributed by atoms with Gasteiger partial charge in [0.25, 0.3) is 0 Å². The van der Waals surface area contributed by atoms with E-state index < -0.39 is 26.8 Å². The molecule has 2 rings (SSSR count). The molecule has 5 heteroatoms. The summed E-state index contributed by atoms with van der Waals surface area (Å²) in [6, 6.07) is 16.9. The summed E-state index contributed by atoms with van der Waals surface area (Å²) in [5, 5.41) is 10.7. The van der Waals surface area contributed by atoms with E-state index in [4.69, 9.17) is 6.42 Å². The average Bonchev–Trinajstić information content (AvgIpc) is 2.73. The summed E-state index contributed by atoms with van der Waals surface area (Å²) in [5.41, 5.74) is 1.02. The van der Waals surface area contributed by atoms with Gasteiger partial charge < -0.3 is 9.66 Å². The molecule has 0 aliphatic heterocycles. The molecule has 0 unspecified atom stereocenters. The Hall–Kier alpha value is -1.03. The normalized spacial score (nSPS) is 15.9. The molecule has 3 atom stereocenters. The monoisotopic (exact) mass is 474 g/mol. The summed E-state index contributed by atoms with van der Waals surface area (Å²) in [5.74, 6) is 2.57. The molecule has 0 saturated carbocycles. The highest BCUT2D eigenvalue weighted by Crippen LogP contribution is 2.43. The Balaban J connectivity index is 2.39. The van der Waals surface area contributed by atoms with Gasteiger partial charge in [0.1, 0.15) is 4.75 Å². The maximum absolute atomic E-state index is 13.5. The van der Waals surface area contributed by atoms with Gasteiger partial charge in [0.2, 0.25) is 0 Å². The maximum Gasteiger partial charge on any atom is 0.172 e. The lowest BCUT2D eigenvalue weighted by molar-refractivity contribution is 0.0893. The highest BCUT2D eigenvalue weighted by molar-refractivity contribution is 8.17. The second-order valence-electron chi connectivity index (χ2n) is 8.85. The second kappa shape index (κ2) is 11.2. The van der Waals surface area contributed by atoms with E-state index in [1.54, 1.807) is 23.5 Å². The van der Waals surface area contributed by atoms with Crippen molar-refractivity contribution in [3.63, 3.8) is 0 Å². The summed E-state index contributed by atoms with van der Waals surface area (Å²) in [6.45, 7) is 11.8. The summed E-state index contributed by atoms with van der Waals surface area (Å²) in [7, 11) is 0. The van der Waals surface area contributed by atoms with Crippen LogP contribution in [0.3, 0.4) is 0 Å². The molecular formula is C26H34O2S3. The van der Waals surface area contributed by atoms with E-state index in [9.17, 15) is 9.66 Å². The van der Waals surface area contributed by atoms with Crippen LogP contribution in [0.15, 0.2) is 58.3 Å². The first-order valence-electron chi connectivity index (χ1n) is 10.6. The highest BCUT2D eigenvalue weighted by Gasteiger charge is 2.47. The van der Waals surface area contributed by atoms with E-state index in [0.717, 1.165) is 9.79 Å². The molecule has 0 fully saturated rings. The zero-order chi connectivity index (χ0) is 23.2. The van der Waals surface area contributed by atoms with Crippen molar-refractivity contribution in [3.8, 4) is 12.3 Å². The first kappa shape index (κ1) is 26.2. The third kappa shape index (κ3) is 7.51. The van der Waals surface area contributed by atoms with E-state index in [-0.39, 0.29) is 4.58 Å². The minimum absolute atomic E-state index is 0.0492. The lowest BCUT2D eigenvalue weighted by Crippen LogP contribution is -2.52. The van der Waals surface area contributed by atoms with Crippen molar-refractivity contribution in [2.24, 2.45) is 0 Å². The van der Waals surface area contributed by atoms with Gasteiger partial charge in [-0.2, -0.15) is 0 Å². The minimum Gasteiger partial charge on any atom is -0.616 e. The first-order valence-corrected chi connectivity index (χ1v) is 13.5. The molecule has 0 radical (unpaired) electrons. The van der Waals surface area contributed by atoms with Gasteiger partial charge in [-0.1, -0.05) is 48.2 Å². The van der Waals surface area contributed by atoms with Gasteiger partial charge in [-0.25, -0.2) is 0 Å². The molecule has 1 N–H and O–H groups in total. The second-order valence-corrected chi connectivity index (χ2v) is 14.1. The fourth-order valence-corrected chi connectivity index (χ4v) is 7.82. The SMILES string of the molecule is C#C[C@@](O)(CC)[C@@H](CC(Sc1ccc(C)cc1)Sc1ccc(C)cc1)[S@@+]([O-])C(C)(C)C. The molecule has 0 heterocycles. The predicted octanol–water partition coefficient (Wildman–Crippen LogP) is 6.59. The van der Waals surface area contributed by atoms with Gasteiger partial charge in [0, 0.05) is 16.2 Å². The van der Waals surface area contributed by atoms with Gasteiger partial charge in [-0.05, 0) is 76.5 Å². The Bertz CT molecular complexity index is 818. The Morgan fingerprint density at radius 1 is 0.968 bits per heavy atom. The number of rotatable bonds is 9. The number of terminal acetylenes is 1. The lowest BCUT2D eigenvalue weighted by atomic mass is 9.95. The largest absolute Gasteiger partial charge is 0.616 e. The minimum atomic E-state index is -1.40. The third-order valence-electron chi connectivity index (χ3n) is 5.17. The Morgan fingerprint density at radius 3 is 1.71 bits per heavy atom. The van der Waals surface area contributed by atoms with Crippen molar-refractivity contribution >= 4 is 34.7 Å². The van der Waals surface area contributed by atoms with Gasteiger partial charge in [0.05, 0.1) is 4.58 Å². The van der Waals surface area contributed by atoms with E-state index in [2.05, 4.69) is 68.3 Å². The topological polar surface area (TPSA) is 43.3 Å². The number of benzene rings is 2. The number of thioether (sulfide) groups is 2. The Kier molecular flexibility index (Phi) is 9.48. The van der Waals surface area contributed by atoms with Crippen molar-refractivity contribution in [1.29, 1.82) is 0 Å². The van der Waals surface area contributed by atoms with Crippen LogP contribution in [0.4, 0.5) is 0 Å². The molecule has 168 valence electrons. The van der Waals surface area contributed by atoms with Gasteiger partial charge in [0.15, 0.2) is 10.9 Å². The number of hydrogen-bond donors (Lipinski definition) is 1. The van der Waals surface area contributed by atoms with E-state index >= 15 is 0 Å². The van der Waals surface area contributed by atoms with E-state index in [1.165, 1.54) is 11.1 Å². The summed E-state index contributed by atoms with van der Waals surface area (Å²) in [6.07, 6.45) is 6.67. The lowest BCUT2D eigenvalue weighted by Gasteiger charge is -2.39. The standard InChI is InChI=1S/C26H34O2S3/c1-8-26(27,9-2)23(31(28)25(5,6)7)18-24(29-21-14-10-19(3)11-15-21)30-22-16-12-20(4)13-17-22/h1,10-17,23-24,27H,9,18H2,2-7H3/t23-,26-,31-/m1/s1. The molecule has 0 aliphatic carbocycles. The third-order valence-corrected chi connectivity index (χ3v) is 10.1. The maximum atomic E-state index is 13.5. The molecule has 0 amide bonds. The molecule has 0 spiro atoms. The molecule has 0 aliphatic rings. The van der Waals surface area contributed by atoms with Gasteiger partial charge in [-0.15, -0.1) is 29.9 Å². The average molecular weight is 475 g/mol. The van der Waals surface area contributed by atoms with Crippen molar-refractivity contribution in [3.05, 3.63) is 59.7 Å². The molecule has 0 saturated heterocycles. The molecule has 2 aromatic carbocycles. The van der Waals surface area contributed by atoms with Gasteiger partial charge >= 0.3 is 0 Å². The fraction of sp³-hybridized carbons (Fsp3) is 0.462. The molecular weight excluding hydrogens is 440 g/mol. The quantitative estimate of drug-likeness (QED) is 0.193. The first-order chi connectivity index (χ1) is 14.5. The summed E-state index contributed by atoms with van der Waals surface area (Å²) >= 11 is 2.17. The van der Waals surface area contributed by atoms with Crippen molar-refractivity contribution in [2.45, 2.75) is 84.4 Å². The Morgan fingerprint density at radius 2 is 1.39 bits per heavy atom. The van der Waals surface area contributed by atoms with Crippen LogP contribution in [-0.2, 0) is 11.2 Å². The van der Waals surface area contributed by atoms with Gasteiger partial charge in [-0.3, -0.25) is 0 Å². The summed E-state index contributed by atoms with van der Waals surface area (Å²) in [4.78, 5) is 2.30. The highest BCUT2D eigenvalue weighted by atomic mass is 32.2. The van der Waals surface area contributed by atoms with Crippen LogP contribution < -0.4 is 0 Å². The number of hydrogen-bond acceptors (Lipinski definition) is 4. The zero-order valence-electron chi connectivity index (χ0n) is 19.3. The van der Waals surface area contributed by atoms with Crippen molar-refractivity contribution in [2.75, 3.05) is 0 Å². The Labute approximate surface area is 200 Å². The molecule has 0 aromatic heterocycles. The smallest absolute Gasteiger partial charge is 0.172 e. The van der Waals surface area contributed by atoms with Crippen LogP contribution in [0.2, 0.25) is 0 Å². The van der Waals surface area contributed by atoms with E-state index in [0.29, 0.717) is 12.8 Å². The molecule has 2 aromatic rings. The van der Waals surface area contributed by atoms with Crippen LogP contribution in [0.1, 0.15) is 51.7 Å². The fourth-order valence-electron chi connectivity index (χ4n) is 3.14. The molecule has 2 nitrogen and oxygen atoms in total. The van der Waals surface area contributed by atoms with Crippen molar-refractivity contribution in [1.82, 2.24) is 0 Å². The molecule has 31 heavy (non-hydrogen) atoms. The predicted molar refractivity (Wildman–Crippen MR) is 138 cm³/mol. The number of aryl methyl sites for hydroxylation is 2. The van der Waals surface area contributed by atoms with Crippen LogP contribution in [0.25, 0.3) is 0 Å². The van der Waals surface area contributed by atoms with Crippen LogP contribution >= 0.6 is 23.5 Å². The van der Waals surface area contributed by atoms with Crippen LogP contribution in [0.5, 0.6) is 0 Å².